The van der Waals surface area contributed by atoms with E-state index in [2.05, 4.69) is 21.2 Å². The van der Waals surface area contributed by atoms with Gasteiger partial charge in [-0.2, -0.15) is 0 Å². The van der Waals surface area contributed by atoms with Crippen LogP contribution >= 0.6 is 15.9 Å². The van der Waals surface area contributed by atoms with Crippen LogP contribution < -0.4 is 10.1 Å². The molecule has 1 aromatic carbocycles. The zero-order chi connectivity index (χ0) is 9.26. The molecule has 4 heteroatoms. The molecule has 0 bridgehead atoms. The minimum atomic E-state index is -0.0981. The highest BCUT2D eigenvalue weighted by atomic mass is 79.9. The number of rotatable bonds is 1. The molecule has 1 amide bonds. The number of benzene rings is 1. The molecule has 0 spiro atoms. The third-order valence-corrected chi connectivity index (χ3v) is 2.48. The van der Waals surface area contributed by atoms with E-state index >= 15 is 0 Å². The van der Waals surface area contributed by atoms with E-state index in [0.717, 1.165) is 22.3 Å². The second-order valence-corrected chi connectivity index (χ2v) is 3.36. The van der Waals surface area contributed by atoms with Crippen LogP contribution in [0.15, 0.2) is 18.2 Å². The van der Waals surface area contributed by atoms with Gasteiger partial charge in [0.1, 0.15) is 5.75 Å². The van der Waals surface area contributed by atoms with Crippen molar-refractivity contribution in [1.29, 1.82) is 0 Å². The van der Waals surface area contributed by atoms with Gasteiger partial charge >= 0.3 is 0 Å². The SMILES string of the molecule is O=C1COc2cc(CBr)ccc2N1. The zero-order valence-electron chi connectivity index (χ0n) is 6.84. The number of alkyl halides is 1. The van der Waals surface area contributed by atoms with Gasteiger partial charge in [0.25, 0.3) is 5.91 Å². The maximum atomic E-state index is 10.9. The first-order chi connectivity index (χ1) is 6.29. The quantitative estimate of drug-likeness (QED) is 0.764. The average molecular weight is 242 g/mol. The molecule has 1 N–H and O–H groups in total. The molecule has 13 heavy (non-hydrogen) atoms. The lowest BCUT2D eigenvalue weighted by Gasteiger charge is -2.17. The van der Waals surface area contributed by atoms with Crippen LogP contribution in [0, 0.1) is 0 Å². The number of carbonyl (C=O) groups is 1. The first kappa shape index (κ1) is 8.56. The fourth-order valence-corrected chi connectivity index (χ4v) is 1.55. The summed E-state index contributed by atoms with van der Waals surface area (Å²) in [4.78, 5) is 10.9. The molecule has 0 saturated carbocycles. The van der Waals surface area contributed by atoms with E-state index in [1.807, 2.05) is 18.2 Å². The number of halogens is 1. The number of hydrogen-bond donors (Lipinski definition) is 1. The van der Waals surface area contributed by atoms with E-state index in [4.69, 9.17) is 4.74 Å². The van der Waals surface area contributed by atoms with Crippen molar-refractivity contribution in [3.63, 3.8) is 0 Å². The summed E-state index contributed by atoms with van der Waals surface area (Å²) in [5.41, 5.74) is 1.89. The summed E-state index contributed by atoms with van der Waals surface area (Å²) in [5, 5.41) is 3.52. The van der Waals surface area contributed by atoms with Gasteiger partial charge in [0.05, 0.1) is 5.69 Å². The maximum Gasteiger partial charge on any atom is 0.262 e. The summed E-state index contributed by atoms with van der Waals surface area (Å²) in [6.45, 7) is 0.110. The molecule has 2 rings (SSSR count). The van der Waals surface area contributed by atoms with Crippen molar-refractivity contribution in [2.45, 2.75) is 5.33 Å². The largest absolute Gasteiger partial charge is 0.482 e. The Hall–Kier alpha value is -1.03. The highest BCUT2D eigenvalue weighted by Crippen LogP contribution is 2.28. The Morgan fingerprint density at radius 3 is 3.15 bits per heavy atom. The summed E-state index contributed by atoms with van der Waals surface area (Å²) in [7, 11) is 0. The molecule has 0 atom stereocenters. The van der Waals surface area contributed by atoms with Gasteiger partial charge in [0.2, 0.25) is 0 Å². The second kappa shape index (κ2) is 3.38. The highest BCUT2D eigenvalue weighted by Gasteiger charge is 2.15. The van der Waals surface area contributed by atoms with Crippen molar-refractivity contribution in [3.05, 3.63) is 23.8 Å². The Morgan fingerprint density at radius 1 is 1.54 bits per heavy atom. The molecule has 68 valence electrons. The Morgan fingerprint density at radius 2 is 2.38 bits per heavy atom. The zero-order valence-corrected chi connectivity index (χ0v) is 8.43. The third kappa shape index (κ3) is 1.67. The number of ether oxygens (including phenoxy) is 1. The summed E-state index contributed by atoms with van der Waals surface area (Å²) < 4.78 is 5.25. The predicted molar refractivity (Wildman–Crippen MR) is 53.2 cm³/mol. The summed E-state index contributed by atoms with van der Waals surface area (Å²) in [6, 6.07) is 5.72. The van der Waals surface area contributed by atoms with E-state index in [1.165, 1.54) is 0 Å². The molecule has 1 heterocycles. The van der Waals surface area contributed by atoms with Gasteiger partial charge in [-0.3, -0.25) is 4.79 Å². The highest BCUT2D eigenvalue weighted by molar-refractivity contribution is 9.08. The fourth-order valence-electron chi connectivity index (χ4n) is 1.20. The molecule has 1 aliphatic heterocycles. The van der Waals surface area contributed by atoms with Crippen LogP contribution in [0.4, 0.5) is 5.69 Å². The van der Waals surface area contributed by atoms with E-state index in [1.54, 1.807) is 0 Å². The van der Waals surface area contributed by atoms with Crippen molar-refractivity contribution in [1.82, 2.24) is 0 Å². The van der Waals surface area contributed by atoms with Crippen LogP contribution in [0.1, 0.15) is 5.56 Å². The van der Waals surface area contributed by atoms with E-state index in [0.29, 0.717) is 0 Å². The monoisotopic (exact) mass is 241 g/mol. The lowest BCUT2D eigenvalue weighted by molar-refractivity contribution is -0.118. The Kier molecular flexibility index (Phi) is 2.22. The minimum Gasteiger partial charge on any atom is -0.482 e. The molecule has 3 nitrogen and oxygen atoms in total. The van der Waals surface area contributed by atoms with Crippen molar-refractivity contribution < 1.29 is 9.53 Å². The van der Waals surface area contributed by atoms with Gasteiger partial charge < -0.3 is 10.1 Å². The molecule has 0 unspecified atom stereocenters. The fraction of sp³-hybridized carbons (Fsp3) is 0.222. The Balaban J connectivity index is 2.36. The van der Waals surface area contributed by atoms with Gasteiger partial charge in [-0.05, 0) is 17.7 Å². The van der Waals surface area contributed by atoms with E-state index in [-0.39, 0.29) is 12.5 Å². The van der Waals surface area contributed by atoms with Crippen molar-refractivity contribution in [2.75, 3.05) is 11.9 Å². The van der Waals surface area contributed by atoms with Gasteiger partial charge in [0.15, 0.2) is 6.61 Å². The number of carbonyl (C=O) groups excluding carboxylic acids is 1. The standard InChI is InChI=1S/C9H8BrNO2/c10-4-6-1-2-7-8(3-6)13-5-9(12)11-7/h1-3H,4-5H2,(H,11,12). The van der Waals surface area contributed by atoms with Crippen LogP contribution in [0.5, 0.6) is 5.75 Å². The molecule has 0 saturated heterocycles. The van der Waals surface area contributed by atoms with Gasteiger partial charge in [-0.25, -0.2) is 0 Å². The first-order valence-corrected chi connectivity index (χ1v) is 5.03. The third-order valence-electron chi connectivity index (χ3n) is 1.83. The molecule has 0 radical (unpaired) electrons. The molecule has 1 aromatic rings. The van der Waals surface area contributed by atoms with Gasteiger partial charge in [-0.1, -0.05) is 22.0 Å². The lowest BCUT2D eigenvalue weighted by atomic mass is 10.2. The molecule has 0 aromatic heterocycles. The van der Waals surface area contributed by atoms with Crippen LogP contribution in [-0.2, 0) is 10.1 Å². The van der Waals surface area contributed by atoms with Gasteiger partial charge in [0, 0.05) is 5.33 Å². The van der Waals surface area contributed by atoms with Crippen molar-refractivity contribution in [2.24, 2.45) is 0 Å². The number of nitrogens with one attached hydrogen (secondary N) is 1. The van der Waals surface area contributed by atoms with E-state index in [9.17, 15) is 4.79 Å². The van der Waals surface area contributed by atoms with Crippen LogP contribution in [-0.4, -0.2) is 12.5 Å². The minimum absolute atomic E-state index is 0.0981. The smallest absolute Gasteiger partial charge is 0.262 e. The molecule has 0 fully saturated rings. The predicted octanol–water partition coefficient (Wildman–Crippen LogP) is 1.91. The average Bonchev–Trinajstić information content (AvgIpc) is 2.17. The van der Waals surface area contributed by atoms with Crippen molar-refractivity contribution in [3.8, 4) is 5.75 Å². The Bertz CT molecular complexity index is 351. The van der Waals surface area contributed by atoms with Crippen molar-refractivity contribution >= 4 is 27.5 Å². The number of amides is 1. The molecular weight excluding hydrogens is 234 g/mol. The van der Waals surface area contributed by atoms with Gasteiger partial charge in [-0.15, -0.1) is 0 Å². The number of hydrogen-bond acceptors (Lipinski definition) is 2. The normalized spacial score (nSPS) is 14.4. The number of anilines is 1. The summed E-state index contributed by atoms with van der Waals surface area (Å²) >= 11 is 3.35. The van der Waals surface area contributed by atoms with Crippen LogP contribution in [0.2, 0.25) is 0 Å². The Labute approximate surface area is 84.2 Å². The lowest BCUT2D eigenvalue weighted by Crippen LogP contribution is -2.25. The topological polar surface area (TPSA) is 38.3 Å². The summed E-state index contributed by atoms with van der Waals surface area (Å²) in [6.07, 6.45) is 0. The summed E-state index contributed by atoms with van der Waals surface area (Å²) in [5.74, 6) is 0.649. The molecule has 0 aliphatic carbocycles. The molecule has 1 aliphatic rings. The molecular formula is C9H8BrNO2. The van der Waals surface area contributed by atoms with Crippen LogP contribution in [0.3, 0.4) is 0 Å². The maximum absolute atomic E-state index is 10.9. The first-order valence-electron chi connectivity index (χ1n) is 3.91. The van der Waals surface area contributed by atoms with E-state index < -0.39 is 0 Å². The second-order valence-electron chi connectivity index (χ2n) is 2.80. The van der Waals surface area contributed by atoms with Crippen LogP contribution in [0.25, 0.3) is 0 Å². The number of fused-ring (bicyclic) bond motifs is 1.